The third-order valence-electron chi connectivity index (χ3n) is 3.67. The third kappa shape index (κ3) is 13.4. The quantitative estimate of drug-likeness (QED) is 0.110. The standard InChI is InChI=1S/C10H22O7.C6H14O4/c11-1-9(2-12,3-13)7-17-8-10(4-14,5-15)6-16;7-1-3-9-5-6-10-4-2-8/h11-16H,1-8H2;7-8H,1-6H2. The number of aliphatic hydroxyl groups is 8. The first kappa shape index (κ1) is 28.8. The molecule has 0 unspecified atom stereocenters. The maximum absolute atomic E-state index is 9.03. The van der Waals surface area contributed by atoms with Gasteiger partial charge in [-0.3, -0.25) is 0 Å². The number of ether oxygens (including phenoxy) is 3. The van der Waals surface area contributed by atoms with Crippen LogP contribution in [0.1, 0.15) is 0 Å². The van der Waals surface area contributed by atoms with Crippen LogP contribution in [0.3, 0.4) is 0 Å². The Morgan fingerprint density at radius 2 is 0.704 bits per heavy atom. The van der Waals surface area contributed by atoms with Gasteiger partial charge in [0.25, 0.3) is 0 Å². The van der Waals surface area contributed by atoms with Gasteiger partial charge in [-0.25, -0.2) is 0 Å². The molecule has 0 heterocycles. The van der Waals surface area contributed by atoms with E-state index in [-0.39, 0.29) is 26.4 Å². The van der Waals surface area contributed by atoms with E-state index in [0.29, 0.717) is 26.4 Å². The van der Waals surface area contributed by atoms with E-state index < -0.39 is 50.5 Å². The van der Waals surface area contributed by atoms with Crippen molar-refractivity contribution >= 4 is 0 Å². The topological polar surface area (TPSA) is 190 Å². The van der Waals surface area contributed by atoms with Gasteiger partial charge in [-0.2, -0.15) is 0 Å². The lowest BCUT2D eigenvalue weighted by molar-refractivity contribution is -0.103. The molecule has 0 aliphatic heterocycles. The van der Waals surface area contributed by atoms with Crippen LogP contribution in [0.2, 0.25) is 0 Å². The average molecular weight is 404 g/mol. The minimum Gasteiger partial charge on any atom is -0.396 e. The molecule has 0 rings (SSSR count). The summed E-state index contributed by atoms with van der Waals surface area (Å²) in [5.41, 5.74) is -2.32. The highest BCUT2D eigenvalue weighted by atomic mass is 16.5. The molecule has 8 N–H and O–H groups in total. The van der Waals surface area contributed by atoms with Gasteiger partial charge in [0.15, 0.2) is 0 Å². The van der Waals surface area contributed by atoms with E-state index in [1.807, 2.05) is 0 Å². The van der Waals surface area contributed by atoms with E-state index in [0.717, 1.165) is 0 Å². The van der Waals surface area contributed by atoms with Crippen molar-refractivity contribution in [2.75, 3.05) is 92.5 Å². The van der Waals surface area contributed by atoms with Crippen molar-refractivity contribution in [1.29, 1.82) is 0 Å². The van der Waals surface area contributed by atoms with E-state index in [2.05, 4.69) is 0 Å². The molecule has 0 fully saturated rings. The summed E-state index contributed by atoms with van der Waals surface area (Å²) in [6.45, 7) is -1.28. The molecule has 0 saturated heterocycles. The zero-order valence-corrected chi connectivity index (χ0v) is 15.7. The Morgan fingerprint density at radius 1 is 0.407 bits per heavy atom. The SMILES string of the molecule is OCC(CO)(CO)COCC(CO)(CO)CO.OCCOCCOCCO. The van der Waals surface area contributed by atoms with Gasteiger partial charge in [-0.15, -0.1) is 0 Å². The highest BCUT2D eigenvalue weighted by molar-refractivity contribution is 4.80. The molecule has 0 spiro atoms. The number of hydrogen-bond acceptors (Lipinski definition) is 11. The summed E-state index contributed by atoms with van der Waals surface area (Å²) in [5.74, 6) is 0. The fourth-order valence-corrected chi connectivity index (χ4v) is 1.51. The van der Waals surface area contributed by atoms with Gasteiger partial charge in [0.05, 0.1) is 103 Å². The molecule has 0 amide bonds. The molecule has 0 aliphatic carbocycles. The molecule has 0 bridgehead atoms. The van der Waals surface area contributed by atoms with Crippen molar-refractivity contribution < 1.29 is 55.1 Å². The predicted octanol–water partition coefficient (Wildman–Crippen LogP) is -4.07. The van der Waals surface area contributed by atoms with Crippen LogP contribution in [0.25, 0.3) is 0 Å². The Kier molecular flexibility index (Phi) is 20.1. The molecule has 0 aromatic rings. The second-order valence-corrected chi connectivity index (χ2v) is 6.11. The lowest BCUT2D eigenvalue weighted by Gasteiger charge is -2.31. The van der Waals surface area contributed by atoms with Crippen molar-refractivity contribution in [3.05, 3.63) is 0 Å². The summed E-state index contributed by atoms with van der Waals surface area (Å²) in [4.78, 5) is 0. The molecule has 0 aromatic carbocycles. The molecule has 11 heteroatoms. The van der Waals surface area contributed by atoms with Crippen molar-refractivity contribution in [3.63, 3.8) is 0 Å². The van der Waals surface area contributed by atoms with Crippen LogP contribution >= 0.6 is 0 Å². The number of aliphatic hydroxyl groups excluding tert-OH is 8. The third-order valence-corrected chi connectivity index (χ3v) is 3.67. The second kappa shape index (κ2) is 18.9. The van der Waals surface area contributed by atoms with E-state index >= 15 is 0 Å². The van der Waals surface area contributed by atoms with Crippen LogP contribution in [-0.4, -0.2) is 133 Å². The van der Waals surface area contributed by atoms with Crippen LogP contribution in [0, 0.1) is 10.8 Å². The van der Waals surface area contributed by atoms with Crippen molar-refractivity contribution in [1.82, 2.24) is 0 Å². The van der Waals surface area contributed by atoms with Crippen LogP contribution in [0.5, 0.6) is 0 Å². The summed E-state index contributed by atoms with van der Waals surface area (Å²) in [6.07, 6.45) is 0. The molecular formula is C16H36O11. The van der Waals surface area contributed by atoms with Crippen molar-refractivity contribution in [2.24, 2.45) is 10.8 Å². The highest BCUT2D eigenvalue weighted by Crippen LogP contribution is 2.19. The van der Waals surface area contributed by atoms with Crippen molar-refractivity contribution in [3.8, 4) is 0 Å². The Bertz CT molecular complexity index is 252. The lowest BCUT2D eigenvalue weighted by Crippen LogP contribution is -2.43. The fourth-order valence-electron chi connectivity index (χ4n) is 1.51. The number of hydrogen-bond donors (Lipinski definition) is 8. The van der Waals surface area contributed by atoms with E-state index in [4.69, 9.17) is 55.1 Å². The molecule has 11 nitrogen and oxygen atoms in total. The van der Waals surface area contributed by atoms with E-state index in [1.165, 1.54) is 0 Å². The Balaban J connectivity index is 0. The van der Waals surface area contributed by atoms with Gasteiger partial charge in [0.1, 0.15) is 0 Å². The first-order valence-electron chi connectivity index (χ1n) is 8.59. The summed E-state index contributed by atoms with van der Waals surface area (Å²) in [5, 5.41) is 70.7. The summed E-state index contributed by atoms with van der Waals surface area (Å²) in [7, 11) is 0. The molecule has 0 saturated carbocycles. The van der Waals surface area contributed by atoms with Gasteiger partial charge in [0.2, 0.25) is 0 Å². The molecule has 0 aliphatic rings. The molecule has 166 valence electrons. The van der Waals surface area contributed by atoms with Crippen LogP contribution in [0.15, 0.2) is 0 Å². The Labute approximate surface area is 159 Å². The summed E-state index contributed by atoms with van der Waals surface area (Å²) < 4.78 is 14.9. The van der Waals surface area contributed by atoms with Gasteiger partial charge >= 0.3 is 0 Å². The predicted molar refractivity (Wildman–Crippen MR) is 94.0 cm³/mol. The minimum atomic E-state index is -1.16. The van der Waals surface area contributed by atoms with Crippen LogP contribution < -0.4 is 0 Å². The average Bonchev–Trinajstić information content (AvgIpc) is 2.72. The molecule has 27 heavy (non-hydrogen) atoms. The second-order valence-electron chi connectivity index (χ2n) is 6.11. The maximum atomic E-state index is 9.03. The van der Waals surface area contributed by atoms with Crippen molar-refractivity contribution in [2.45, 2.75) is 0 Å². The lowest BCUT2D eigenvalue weighted by atomic mass is 9.91. The fraction of sp³-hybridized carbons (Fsp3) is 1.00. The smallest absolute Gasteiger partial charge is 0.0701 e. The normalized spacial score (nSPS) is 12.0. The molecule has 0 aromatic heterocycles. The van der Waals surface area contributed by atoms with Gasteiger partial charge in [-0.05, 0) is 0 Å². The largest absolute Gasteiger partial charge is 0.396 e. The minimum absolute atomic E-state index is 0.0417. The monoisotopic (exact) mass is 404 g/mol. The molecule has 0 atom stereocenters. The van der Waals surface area contributed by atoms with Gasteiger partial charge < -0.3 is 55.1 Å². The van der Waals surface area contributed by atoms with Crippen LogP contribution in [-0.2, 0) is 14.2 Å². The zero-order chi connectivity index (χ0) is 21.0. The molecular weight excluding hydrogens is 368 g/mol. The first-order chi connectivity index (χ1) is 13.0. The van der Waals surface area contributed by atoms with E-state index in [9.17, 15) is 0 Å². The maximum Gasteiger partial charge on any atom is 0.0701 e. The Morgan fingerprint density at radius 3 is 0.926 bits per heavy atom. The first-order valence-corrected chi connectivity index (χ1v) is 8.59. The van der Waals surface area contributed by atoms with Crippen LogP contribution in [0.4, 0.5) is 0 Å². The highest BCUT2D eigenvalue weighted by Gasteiger charge is 2.32. The van der Waals surface area contributed by atoms with Gasteiger partial charge in [-0.1, -0.05) is 0 Å². The molecule has 0 radical (unpaired) electrons. The Hall–Kier alpha value is -0.440. The zero-order valence-electron chi connectivity index (χ0n) is 15.7. The number of rotatable bonds is 17. The van der Waals surface area contributed by atoms with Gasteiger partial charge in [0, 0.05) is 0 Å². The van der Waals surface area contributed by atoms with E-state index in [1.54, 1.807) is 0 Å². The summed E-state index contributed by atoms with van der Waals surface area (Å²) >= 11 is 0. The summed E-state index contributed by atoms with van der Waals surface area (Å²) in [6, 6.07) is 0.